The minimum atomic E-state index is -0.0355. The Hall–Kier alpha value is -2.49. The molecule has 3 N–H and O–H groups in total. The van der Waals surface area contributed by atoms with Gasteiger partial charge in [0.05, 0.1) is 0 Å². The first kappa shape index (κ1) is 13.9. The van der Waals surface area contributed by atoms with Gasteiger partial charge in [0.1, 0.15) is 12.4 Å². The first-order chi connectivity index (χ1) is 9.66. The number of rotatable bonds is 6. The number of para-hydroxylation sites is 1. The normalized spacial score (nSPS) is 10.1. The number of Topliss-reactive ketones (excluding diaryl/α,β-unsaturated/α-hetero) is 1. The van der Waals surface area contributed by atoms with Crippen molar-refractivity contribution in [2.75, 3.05) is 24.2 Å². The van der Waals surface area contributed by atoms with Crippen LogP contribution in [0.25, 0.3) is 0 Å². The summed E-state index contributed by atoms with van der Waals surface area (Å²) in [7, 11) is 0. The zero-order valence-corrected chi connectivity index (χ0v) is 11.4. The van der Waals surface area contributed by atoms with E-state index in [2.05, 4.69) is 5.32 Å². The average Bonchev–Trinajstić information content (AvgIpc) is 2.46. The van der Waals surface area contributed by atoms with Crippen LogP contribution in [0.3, 0.4) is 0 Å². The van der Waals surface area contributed by atoms with Crippen LogP contribution in [0.2, 0.25) is 0 Å². The third kappa shape index (κ3) is 3.75. The Balaban J connectivity index is 1.85. The number of hydrogen-bond donors (Lipinski definition) is 2. The predicted molar refractivity (Wildman–Crippen MR) is 81.3 cm³/mol. The van der Waals surface area contributed by atoms with Gasteiger partial charge in [-0.05, 0) is 37.3 Å². The number of hydrogen-bond acceptors (Lipinski definition) is 4. The Morgan fingerprint density at radius 3 is 2.65 bits per heavy atom. The molecular formula is C16H18N2O2. The van der Waals surface area contributed by atoms with E-state index < -0.39 is 0 Å². The van der Waals surface area contributed by atoms with Crippen molar-refractivity contribution in [3.8, 4) is 5.75 Å². The van der Waals surface area contributed by atoms with E-state index in [0.29, 0.717) is 24.4 Å². The first-order valence-corrected chi connectivity index (χ1v) is 6.49. The smallest absolute Gasteiger partial charge is 0.161 e. The molecule has 0 aliphatic carbocycles. The fourth-order valence-corrected chi connectivity index (χ4v) is 1.85. The third-order valence-electron chi connectivity index (χ3n) is 2.88. The van der Waals surface area contributed by atoms with Gasteiger partial charge >= 0.3 is 0 Å². The van der Waals surface area contributed by atoms with Gasteiger partial charge < -0.3 is 15.8 Å². The fraction of sp³-hybridized carbons (Fsp3) is 0.188. The van der Waals surface area contributed by atoms with Crippen LogP contribution >= 0.6 is 0 Å². The van der Waals surface area contributed by atoms with Crippen LogP contribution in [0, 0.1) is 0 Å². The number of carbonyl (C=O) groups excluding carboxylic acids is 1. The maximum atomic E-state index is 11.4. The van der Waals surface area contributed by atoms with Crippen molar-refractivity contribution < 1.29 is 9.53 Å². The molecule has 0 atom stereocenters. The molecule has 0 aliphatic heterocycles. The van der Waals surface area contributed by atoms with Crippen molar-refractivity contribution in [3.63, 3.8) is 0 Å². The molecule has 2 aromatic rings. The first-order valence-electron chi connectivity index (χ1n) is 6.49. The van der Waals surface area contributed by atoms with Crippen molar-refractivity contribution in [3.05, 3.63) is 54.1 Å². The second-order valence-corrected chi connectivity index (χ2v) is 4.45. The van der Waals surface area contributed by atoms with Gasteiger partial charge in [0.2, 0.25) is 0 Å². The van der Waals surface area contributed by atoms with Crippen molar-refractivity contribution in [1.29, 1.82) is 0 Å². The summed E-state index contributed by atoms with van der Waals surface area (Å²) in [6.45, 7) is 2.70. The largest absolute Gasteiger partial charge is 0.492 e. The summed E-state index contributed by atoms with van der Waals surface area (Å²) >= 11 is 0. The molecule has 104 valence electrons. The third-order valence-corrected chi connectivity index (χ3v) is 2.88. The lowest BCUT2D eigenvalue weighted by Crippen LogP contribution is -2.12. The summed E-state index contributed by atoms with van der Waals surface area (Å²) in [5.74, 6) is 0.808. The second-order valence-electron chi connectivity index (χ2n) is 4.45. The molecule has 0 amide bonds. The SMILES string of the molecule is CC(=O)c1cc(NCCOc2ccccc2)ccc1N. The van der Waals surface area contributed by atoms with Gasteiger partial charge in [-0.25, -0.2) is 0 Å². The number of ether oxygens (including phenoxy) is 1. The lowest BCUT2D eigenvalue weighted by Gasteiger charge is -2.10. The Labute approximate surface area is 118 Å². The standard InChI is InChI=1S/C16H18N2O2/c1-12(19)15-11-13(7-8-16(15)17)18-9-10-20-14-5-3-2-4-6-14/h2-8,11,18H,9-10,17H2,1H3. The topological polar surface area (TPSA) is 64.3 Å². The molecule has 0 saturated heterocycles. The Morgan fingerprint density at radius 2 is 1.95 bits per heavy atom. The summed E-state index contributed by atoms with van der Waals surface area (Å²) in [6.07, 6.45) is 0. The number of benzene rings is 2. The Kier molecular flexibility index (Phi) is 4.60. The Bertz CT molecular complexity index is 582. The van der Waals surface area contributed by atoms with Crippen LogP contribution in [0.1, 0.15) is 17.3 Å². The van der Waals surface area contributed by atoms with Crippen molar-refractivity contribution in [2.24, 2.45) is 0 Å². The lowest BCUT2D eigenvalue weighted by atomic mass is 10.1. The molecule has 4 nitrogen and oxygen atoms in total. The van der Waals surface area contributed by atoms with Gasteiger partial charge in [0.25, 0.3) is 0 Å². The van der Waals surface area contributed by atoms with Gasteiger partial charge in [-0.15, -0.1) is 0 Å². The second kappa shape index (κ2) is 6.61. The van der Waals surface area contributed by atoms with Crippen LogP contribution in [-0.4, -0.2) is 18.9 Å². The number of ketones is 1. The number of nitrogens with one attached hydrogen (secondary N) is 1. The molecule has 0 unspecified atom stereocenters. The van der Waals surface area contributed by atoms with E-state index in [0.717, 1.165) is 11.4 Å². The molecule has 0 bridgehead atoms. The van der Waals surface area contributed by atoms with E-state index >= 15 is 0 Å². The van der Waals surface area contributed by atoms with E-state index in [1.807, 2.05) is 36.4 Å². The quantitative estimate of drug-likeness (QED) is 0.481. The number of carbonyl (C=O) groups is 1. The zero-order valence-electron chi connectivity index (χ0n) is 11.4. The summed E-state index contributed by atoms with van der Waals surface area (Å²) in [4.78, 5) is 11.4. The maximum Gasteiger partial charge on any atom is 0.161 e. The highest BCUT2D eigenvalue weighted by atomic mass is 16.5. The van der Waals surface area contributed by atoms with E-state index in [-0.39, 0.29) is 5.78 Å². The fourth-order valence-electron chi connectivity index (χ4n) is 1.85. The Morgan fingerprint density at radius 1 is 1.20 bits per heavy atom. The highest BCUT2D eigenvalue weighted by Gasteiger charge is 2.05. The van der Waals surface area contributed by atoms with Crippen LogP contribution in [-0.2, 0) is 0 Å². The monoisotopic (exact) mass is 270 g/mol. The highest BCUT2D eigenvalue weighted by Crippen LogP contribution is 2.18. The highest BCUT2D eigenvalue weighted by molar-refractivity contribution is 5.99. The minimum absolute atomic E-state index is 0.0355. The summed E-state index contributed by atoms with van der Waals surface area (Å²) in [5.41, 5.74) is 7.65. The summed E-state index contributed by atoms with van der Waals surface area (Å²) in [5, 5.41) is 3.20. The maximum absolute atomic E-state index is 11.4. The number of nitrogens with two attached hydrogens (primary N) is 1. The van der Waals surface area contributed by atoms with Gasteiger partial charge in [-0.1, -0.05) is 18.2 Å². The van der Waals surface area contributed by atoms with E-state index in [1.54, 1.807) is 12.1 Å². The molecule has 0 aromatic heterocycles. The van der Waals surface area contributed by atoms with E-state index in [9.17, 15) is 4.79 Å². The number of nitrogen functional groups attached to an aromatic ring is 1. The average molecular weight is 270 g/mol. The molecule has 0 spiro atoms. The van der Waals surface area contributed by atoms with Crippen LogP contribution in [0.15, 0.2) is 48.5 Å². The minimum Gasteiger partial charge on any atom is -0.492 e. The molecule has 0 fully saturated rings. The molecule has 2 rings (SSSR count). The van der Waals surface area contributed by atoms with Crippen molar-refractivity contribution in [2.45, 2.75) is 6.92 Å². The summed E-state index contributed by atoms with van der Waals surface area (Å²) < 4.78 is 5.58. The zero-order chi connectivity index (χ0) is 14.4. The number of anilines is 2. The van der Waals surface area contributed by atoms with Gasteiger partial charge in [-0.2, -0.15) is 0 Å². The lowest BCUT2D eigenvalue weighted by molar-refractivity contribution is 0.101. The van der Waals surface area contributed by atoms with Crippen molar-refractivity contribution >= 4 is 17.2 Å². The molecule has 0 heterocycles. The van der Waals surface area contributed by atoms with Crippen LogP contribution in [0.4, 0.5) is 11.4 Å². The molecule has 20 heavy (non-hydrogen) atoms. The molecule has 2 aromatic carbocycles. The van der Waals surface area contributed by atoms with Gasteiger partial charge in [0, 0.05) is 23.5 Å². The van der Waals surface area contributed by atoms with Crippen LogP contribution in [0.5, 0.6) is 5.75 Å². The molecule has 0 aliphatic rings. The molecule has 4 heteroatoms. The van der Waals surface area contributed by atoms with Gasteiger partial charge in [-0.3, -0.25) is 4.79 Å². The van der Waals surface area contributed by atoms with Gasteiger partial charge in [0.15, 0.2) is 5.78 Å². The predicted octanol–water partition coefficient (Wildman–Crippen LogP) is 2.96. The molecule has 0 radical (unpaired) electrons. The van der Waals surface area contributed by atoms with Crippen LogP contribution < -0.4 is 15.8 Å². The van der Waals surface area contributed by atoms with E-state index in [4.69, 9.17) is 10.5 Å². The van der Waals surface area contributed by atoms with Crippen molar-refractivity contribution in [1.82, 2.24) is 0 Å². The summed E-state index contributed by atoms with van der Waals surface area (Å²) in [6, 6.07) is 15.0. The molecular weight excluding hydrogens is 252 g/mol. The van der Waals surface area contributed by atoms with E-state index in [1.165, 1.54) is 6.92 Å². The molecule has 0 saturated carbocycles.